The van der Waals surface area contributed by atoms with E-state index >= 15 is 0 Å². The fourth-order valence-corrected chi connectivity index (χ4v) is 5.66. The quantitative estimate of drug-likeness (QED) is 0.318. The van der Waals surface area contributed by atoms with Crippen molar-refractivity contribution in [2.24, 2.45) is 0 Å². The molecule has 162 valence electrons. The number of imidazole rings is 1. The molecule has 4 atom stereocenters. The molecule has 1 fully saturated rings. The molecule has 1 saturated heterocycles. The Morgan fingerprint density at radius 1 is 1.14 bits per heavy atom. The van der Waals surface area contributed by atoms with Gasteiger partial charge < -0.3 is 34.6 Å². The second-order valence-corrected chi connectivity index (χ2v) is 10.2. The molecule has 0 amide bonds. The number of rotatable bonds is 8. The number of nitrogen functional groups attached to an aromatic ring is 1. The molecule has 0 bridgehead atoms. The van der Waals surface area contributed by atoms with Crippen molar-refractivity contribution in [1.82, 2.24) is 19.5 Å². The van der Waals surface area contributed by atoms with Crippen molar-refractivity contribution in [3.05, 3.63) is 12.7 Å². The number of phosphoric ester groups is 1. The Bertz CT molecular complexity index is 1040. The maximum Gasteiger partial charge on any atom is 0.490 e. The van der Waals surface area contributed by atoms with E-state index in [9.17, 15) is 18.6 Å². The van der Waals surface area contributed by atoms with Gasteiger partial charge in [-0.3, -0.25) is 4.52 Å². The lowest BCUT2D eigenvalue weighted by Crippen LogP contribution is -2.14. The Hall–Kier alpha value is -1.28. The van der Waals surface area contributed by atoms with Crippen molar-refractivity contribution in [1.29, 1.82) is 0 Å². The van der Waals surface area contributed by atoms with E-state index in [1.54, 1.807) is 4.57 Å². The highest BCUT2D eigenvalue weighted by atomic mass is 31.3. The number of phosphoric acid groups is 3. The van der Waals surface area contributed by atoms with Gasteiger partial charge in [-0.2, -0.15) is 8.62 Å². The highest BCUT2D eigenvalue weighted by molar-refractivity contribution is 7.66. The number of hydrogen-bond donors (Lipinski definition) is 5. The predicted octanol–water partition coefficient (Wildman–Crippen LogP) is 0.0818. The van der Waals surface area contributed by atoms with Crippen molar-refractivity contribution in [2.45, 2.75) is 18.6 Å². The zero-order valence-electron chi connectivity index (χ0n) is 14.3. The molecule has 3 rings (SSSR count). The van der Waals surface area contributed by atoms with Gasteiger partial charge in [0.05, 0.1) is 31.7 Å². The van der Waals surface area contributed by atoms with E-state index in [0.717, 1.165) is 0 Å². The van der Waals surface area contributed by atoms with Gasteiger partial charge in [0.2, 0.25) is 0 Å². The van der Waals surface area contributed by atoms with Crippen molar-refractivity contribution >= 4 is 40.4 Å². The van der Waals surface area contributed by atoms with Gasteiger partial charge in [0, 0.05) is 0 Å². The summed E-state index contributed by atoms with van der Waals surface area (Å²) < 4.78 is 52.6. The number of anilines is 1. The first-order chi connectivity index (χ1) is 13.4. The molecule has 0 aromatic carbocycles. The third-order valence-corrected chi connectivity index (χ3v) is 7.48. The first-order valence-electron chi connectivity index (χ1n) is 7.68. The van der Waals surface area contributed by atoms with Crippen LogP contribution in [0.15, 0.2) is 12.7 Å². The standard InChI is InChI=1S/C10H16N5O11P3/c11-9-8-10(13-4-12-9)15(5-14-8)6-1-7(23-2-6)3-24-28(19,20)26-29(21,22)25-27(16,17)18/h4-7H,1-3H2,(H,19,20)(H,21,22)(H2,11,12,13)(H2,16,17,18). The number of aromatic nitrogens is 4. The molecule has 0 saturated carbocycles. The Morgan fingerprint density at radius 2 is 1.86 bits per heavy atom. The molecule has 1 aliphatic rings. The van der Waals surface area contributed by atoms with Gasteiger partial charge in [-0.25, -0.2) is 28.6 Å². The van der Waals surface area contributed by atoms with Gasteiger partial charge in [-0.1, -0.05) is 0 Å². The van der Waals surface area contributed by atoms with E-state index < -0.39 is 36.2 Å². The molecule has 29 heavy (non-hydrogen) atoms. The van der Waals surface area contributed by atoms with E-state index in [-0.39, 0.29) is 18.5 Å². The lowest BCUT2D eigenvalue weighted by molar-refractivity contribution is 0.0529. The average Bonchev–Trinajstić information content (AvgIpc) is 3.16. The van der Waals surface area contributed by atoms with Crippen LogP contribution in [0, 0.1) is 0 Å². The SMILES string of the molecule is Nc1ncnc2c1ncn2C1COC(COP(=O)(O)OP(=O)(O)OP(=O)(O)O)C1. The van der Waals surface area contributed by atoms with Crippen LogP contribution in [0.3, 0.4) is 0 Å². The van der Waals surface area contributed by atoms with E-state index in [0.29, 0.717) is 17.6 Å². The summed E-state index contributed by atoms with van der Waals surface area (Å²) in [6, 6.07) is -0.260. The van der Waals surface area contributed by atoms with Gasteiger partial charge >= 0.3 is 23.5 Å². The fourth-order valence-electron chi connectivity index (χ4n) is 2.61. The van der Waals surface area contributed by atoms with Crippen molar-refractivity contribution < 1.29 is 51.2 Å². The van der Waals surface area contributed by atoms with Gasteiger partial charge in [0.25, 0.3) is 0 Å². The highest BCUT2D eigenvalue weighted by Crippen LogP contribution is 2.66. The van der Waals surface area contributed by atoms with Crippen LogP contribution in [0.4, 0.5) is 5.82 Å². The van der Waals surface area contributed by atoms with Crippen LogP contribution in [0.25, 0.3) is 11.2 Å². The van der Waals surface area contributed by atoms with Crippen molar-refractivity contribution in [2.75, 3.05) is 18.9 Å². The summed E-state index contributed by atoms with van der Waals surface area (Å²) in [5, 5.41) is 0. The molecule has 2 aromatic rings. The third-order valence-electron chi connectivity index (χ3n) is 3.68. The Kier molecular flexibility index (Phi) is 6.26. The summed E-state index contributed by atoms with van der Waals surface area (Å²) in [6.45, 7) is -0.344. The number of ether oxygens (including phenoxy) is 1. The van der Waals surface area contributed by atoms with Crippen LogP contribution in [-0.2, 0) is 31.6 Å². The molecular formula is C10H16N5O11P3. The summed E-state index contributed by atoms with van der Waals surface area (Å²) in [4.78, 5) is 47.6. The predicted molar refractivity (Wildman–Crippen MR) is 92.9 cm³/mol. The lowest BCUT2D eigenvalue weighted by atomic mass is 10.2. The Balaban J connectivity index is 1.58. The number of hydrogen-bond acceptors (Lipinski definition) is 11. The minimum Gasteiger partial charge on any atom is -0.382 e. The largest absolute Gasteiger partial charge is 0.490 e. The Labute approximate surface area is 162 Å². The molecule has 16 nitrogen and oxygen atoms in total. The summed E-state index contributed by atoms with van der Waals surface area (Å²) >= 11 is 0. The molecule has 3 heterocycles. The summed E-state index contributed by atoms with van der Waals surface area (Å²) in [5.74, 6) is 0.205. The van der Waals surface area contributed by atoms with E-state index in [4.69, 9.17) is 25.2 Å². The maximum atomic E-state index is 11.7. The first-order valence-corrected chi connectivity index (χ1v) is 12.2. The van der Waals surface area contributed by atoms with Crippen LogP contribution in [0.1, 0.15) is 12.5 Å². The molecular weight excluding hydrogens is 459 g/mol. The third kappa shape index (κ3) is 5.87. The molecule has 0 aliphatic carbocycles. The molecule has 0 spiro atoms. The smallest absolute Gasteiger partial charge is 0.382 e. The number of fused-ring (bicyclic) bond motifs is 1. The lowest BCUT2D eigenvalue weighted by Gasteiger charge is -2.17. The molecule has 2 aromatic heterocycles. The van der Waals surface area contributed by atoms with E-state index in [1.807, 2.05) is 0 Å². The summed E-state index contributed by atoms with van der Waals surface area (Å²) in [5.41, 5.74) is 6.61. The molecule has 4 unspecified atom stereocenters. The Morgan fingerprint density at radius 3 is 2.55 bits per heavy atom. The van der Waals surface area contributed by atoms with Crippen molar-refractivity contribution in [3.8, 4) is 0 Å². The first kappa shape index (κ1) is 22.4. The van der Waals surface area contributed by atoms with Crippen LogP contribution in [0.5, 0.6) is 0 Å². The summed E-state index contributed by atoms with van der Waals surface area (Å²) in [6.07, 6.45) is 2.36. The number of nitrogens with two attached hydrogens (primary N) is 1. The second-order valence-electron chi connectivity index (χ2n) is 5.81. The summed E-state index contributed by atoms with van der Waals surface area (Å²) in [7, 11) is -16.2. The minimum atomic E-state index is -5.56. The van der Waals surface area contributed by atoms with Gasteiger partial charge in [0.1, 0.15) is 11.8 Å². The minimum absolute atomic E-state index is 0.180. The van der Waals surface area contributed by atoms with Gasteiger partial charge in [0.15, 0.2) is 11.5 Å². The maximum absolute atomic E-state index is 11.7. The monoisotopic (exact) mass is 475 g/mol. The fraction of sp³-hybridized carbons (Fsp3) is 0.500. The van der Waals surface area contributed by atoms with E-state index in [2.05, 4.69) is 28.1 Å². The van der Waals surface area contributed by atoms with Gasteiger partial charge in [-0.15, -0.1) is 0 Å². The van der Waals surface area contributed by atoms with Crippen LogP contribution in [-0.4, -0.2) is 58.4 Å². The van der Waals surface area contributed by atoms with E-state index in [1.165, 1.54) is 12.7 Å². The van der Waals surface area contributed by atoms with Crippen LogP contribution < -0.4 is 5.73 Å². The van der Waals surface area contributed by atoms with Crippen molar-refractivity contribution in [3.63, 3.8) is 0 Å². The van der Waals surface area contributed by atoms with Crippen LogP contribution in [0.2, 0.25) is 0 Å². The average molecular weight is 475 g/mol. The molecule has 6 N–H and O–H groups in total. The molecule has 0 radical (unpaired) electrons. The van der Waals surface area contributed by atoms with Gasteiger partial charge in [-0.05, 0) is 6.42 Å². The van der Waals surface area contributed by atoms with Crippen LogP contribution >= 0.6 is 23.5 Å². The number of nitrogens with zero attached hydrogens (tertiary/aromatic N) is 4. The zero-order valence-corrected chi connectivity index (χ0v) is 17.0. The second kappa shape index (κ2) is 8.10. The molecule has 19 heteroatoms. The normalized spacial score (nSPS) is 24.4. The zero-order chi connectivity index (χ0) is 21.4. The molecule has 1 aliphatic heterocycles. The highest BCUT2D eigenvalue weighted by Gasteiger charge is 2.41. The topological polar surface area (TPSA) is 239 Å².